The standard InChI is InChI=1S/C12H15F2NO2/c13-9-3-8(4-10(14)5-9)12(16)6-11-7-17-2-1-15-11/h3-5,11-12,15-16H,1-2,6-7H2. The van der Waals surface area contributed by atoms with Gasteiger partial charge in [-0.05, 0) is 24.1 Å². The van der Waals surface area contributed by atoms with Gasteiger partial charge in [-0.25, -0.2) is 8.78 Å². The molecule has 0 amide bonds. The van der Waals surface area contributed by atoms with Crippen LogP contribution in [0.15, 0.2) is 18.2 Å². The topological polar surface area (TPSA) is 41.5 Å². The maximum atomic E-state index is 13.0. The lowest BCUT2D eigenvalue weighted by atomic mass is 10.0. The lowest BCUT2D eigenvalue weighted by molar-refractivity contribution is 0.0518. The van der Waals surface area contributed by atoms with Crippen LogP contribution in [0, 0.1) is 11.6 Å². The van der Waals surface area contributed by atoms with E-state index in [0.29, 0.717) is 19.6 Å². The molecule has 0 radical (unpaired) electrons. The number of nitrogens with one attached hydrogen (secondary N) is 1. The van der Waals surface area contributed by atoms with Crippen LogP contribution in [-0.2, 0) is 4.74 Å². The number of aliphatic hydroxyl groups is 1. The molecule has 1 saturated heterocycles. The summed E-state index contributed by atoms with van der Waals surface area (Å²) in [6.45, 7) is 1.89. The molecule has 5 heteroatoms. The Morgan fingerprint density at radius 2 is 2.06 bits per heavy atom. The first kappa shape index (κ1) is 12.4. The number of hydrogen-bond acceptors (Lipinski definition) is 3. The molecule has 0 aromatic heterocycles. The quantitative estimate of drug-likeness (QED) is 0.842. The third-order valence-electron chi connectivity index (χ3n) is 2.78. The molecule has 0 aliphatic carbocycles. The molecule has 0 bridgehead atoms. The maximum absolute atomic E-state index is 13.0. The van der Waals surface area contributed by atoms with E-state index >= 15 is 0 Å². The normalized spacial score (nSPS) is 22.4. The van der Waals surface area contributed by atoms with Gasteiger partial charge in [0, 0.05) is 18.7 Å². The van der Waals surface area contributed by atoms with Gasteiger partial charge >= 0.3 is 0 Å². The Hall–Kier alpha value is -1.04. The second kappa shape index (κ2) is 5.53. The van der Waals surface area contributed by atoms with Crippen molar-refractivity contribution in [3.05, 3.63) is 35.4 Å². The molecule has 2 unspecified atom stereocenters. The maximum Gasteiger partial charge on any atom is 0.126 e. The van der Waals surface area contributed by atoms with Crippen LogP contribution in [0.4, 0.5) is 8.78 Å². The van der Waals surface area contributed by atoms with Gasteiger partial charge < -0.3 is 15.2 Å². The van der Waals surface area contributed by atoms with E-state index < -0.39 is 17.7 Å². The molecule has 17 heavy (non-hydrogen) atoms. The fraction of sp³-hybridized carbons (Fsp3) is 0.500. The first-order chi connectivity index (χ1) is 8.15. The van der Waals surface area contributed by atoms with E-state index in [9.17, 15) is 13.9 Å². The van der Waals surface area contributed by atoms with Crippen molar-refractivity contribution in [1.29, 1.82) is 0 Å². The predicted octanol–water partition coefficient (Wildman–Crippen LogP) is 1.38. The SMILES string of the molecule is OC(CC1COCCN1)c1cc(F)cc(F)c1. The van der Waals surface area contributed by atoms with Crippen LogP contribution in [0.2, 0.25) is 0 Å². The summed E-state index contributed by atoms with van der Waals surface area (Å²) in [7, 11) is 0. The Labute approximate surface area is 98.4 Å². The summed E-state index contributed by atoms with van der Waals surface area (Å²) in [5.74, 6) is -1.35. The molecule has 1 aromatic carbocycles. The van der Waals surface area contributed by atoms with Crippen LogP contribution in [-0.4, -0.2) is 30.9 Å². The average Bonchev–Trinajstić information content (AvgIpc) is 2.29. The first-order valence-corrected chi connectivity index (χ1v) is 5.60. The van der Waals surface area contributed by atoms with Gasteiger partial charge in [0.1, 0.15) is 11.6 Å². The van der Waals surface area contributed by atoms with Gasteiger partial charge in [-0.15, -0.1) is 0 Å². The largest absolute Gasteiger partial charge is 0.388 e. The van der Waals surface area contributed by atoms with Crippen molar-refractivity contribution in [2.45, 2.75) is 18.6 Å². The predicted molar refractivity (Wildman–Crippen MR) is 58.5 cm³/mol. The third kappa shape index (κ3) is 3.46. The molecule has 0 saturated carbocycles. The molecule has 1 fully saturated rings. The lowest BCUT2D eigenvalue weighted by Crippen LogP contribution is -2.42. The average molecular weight is 243 g/mol. The van der Waals surface area contributed by atoms with Crippen LogP contribution in [0.25, 0.3) is 0 Å². The molecule has 1 aromatic rings. The lowest BCUT2D eigenvalue weighted by Gasteiger charge is -2.25. The number of morpholine rings is 1. The second-order valence-corrected chi connectivity index (χ2v) is 4.18. The Morgan fingerprint density at radius 1 is 1.35 bits per heavy atom. The van der Waals surface area contributed by atoms with E-state index in [1.54, 1.807) is 0 Å². The minimum Gasteiger partial charge on any atom is -0.388 e. The van der Waals surface area contributed by atoms with E-state index in [1.165, 1.54) is 0 Å². The number of aliphatic hydroxyl groups excluding tert-OH is 1. The molecule has 1 heterocycles. The molecular formula is C12H15F2NO2. The summed E-state index contributed by atoms with van der Waals surface area (Å²) in [4.78, 5) is 0. The summed E-state index contributed by atoms with van der Waals surface area (Å²) >= 11 is 0. The minimum absolute atomic E-state index is 0.0186. The molecular weight excluding hydrogens is 228 g/mol. The van der Waals surface area contributed by atoms with Crippen molar-refractivity contribution in [3.8, 4) is 0 Å². The van der Waals surface area contributed by atoms with E-state index in [-0.39, 0.29) is 11.6 Å². The zero-order valence-corrected chi connectivity index (χ0v) is 9.33. The van der Waals surface area contributed by atoms with Crippen molar-refractivity contribution < 1.29 is 18.6 Å². The van der Waals surface area contributed by atoms with Gasteiger partial charge in [-0.3, -0.25) is 0 Å². The number of rotatable bonds is 3. The molecule has 2 atom stereocenters. The highest BCUT2D eigenvalue weighted by molar-refractivity contribution is 5.20. The van der Waals surface area contributed by atoms with E-state index in [0.717, 1.165) is 24.7 Å². The van der Waals surface area contributed by atoms with Crippen molar-refractivity contribution in [3.63, 3.8) is 0 Å². The Morgan fingerprint density at radius 3 is 2.65 bits per heavy atom. The fourth-order valence-electron chi connectivity index (χ4n) is 1.94. The number of ether oxygens (including phenoxy) is 1. The van der Waals surface area contributed by atoms with Crippen molar-refractivity contribution in [1.82, 2.24) is 5.32 Å². The van der Waals surface area contributed by atoms with Crippen molar-refractivity contribution >= 4 is 0 Å². The van der Waals surface area contributed by atoms with E-state index in [4.69, 9.17) is 4.74 Å². The molecule has 2 rings (SSSR count). The molecule has 94 valence electrons. The highest BCUT2D eigenvalue weighted by Gasteiger charge is 2.19. The smallest absolute Gasteiger partial charge is 0.126 e. The van der Waals surface area contributed by atoms with Crippen LogP contribution >= 0.6 is 0 Å². The molecule has 3 nitrogen and oxygen atoms in total. The van der Waals surface area contributed by atoms with Gasteiger partial charge in [0.05, 0.1) is 19.3 Å². The van der Waals surface area contributed by atoms with Gasteiger partial charge in [0.15, 0.2) is 0 Å². The van der Waals surface area contributed by atoms with E-state index in [1.807, 2.05) is 0 Å². The van der Waals surface area contributed by atoms with Gasteiger partial charge in [0.25, 0.3) is 0 Å². The summed E-state index contributed by atoms with van der Waals surface area (Å²) in [5.41, 5.74) is 0.259. The molecule has 1 aliphatic rings. The second-order valence-electron chi connectivity index (χ2n) is 4.18. The van der Waals surface area contributed by atoms with Crippen LogP contribution < -0.4 is 5.32 Å². The number of hydrogen-bond donors (Lipinski definition) is 2. The van der Waals surface area contributed by atoms with Crippen LogP contribution in [0.3, 0.4) is 0 Å². The summed E-state index contributed by atoms with van der Waals surface area (Å²) in [5, 5.41) is 13.1. The molecule has 0 spiro atoms. The number of halogens is 2. The van der Waals surface area contributed by atoms with Crippen molar-refractivity contribution in [2.24, 2.45) is 0 Å². The Balaban J connectivity index is 2.00. The van der Waals surface area contributed by atoms with E-state index in [2.05, 4.69) is 5.32 Å². The van der Waals surface area contributed by atoms with Crippen molar-refractivity contribution in [2.75, 3.05) is 19.8 Å². The van der Waals surface area contributed by atoms with Crippen LogP contribution in [0.5, 0.6) is 0 Å². The van der Waals surface area contributed by atoms with Crippen LogP contribution in [0.1, 0.15) is 18.1 Å². The Bertz CT molecular complexity index is 361. The fourth-order valence-corrected chi connectivity index (χ4v) is 1.94. The zero-order valence-electron chi connectivity index (χ0n) is 9.33. The van der Waals surface area contributed by atoms with Gasteiger partial charge in [-0.2, -0.15) is 0 Å². The first-order valence-electron chi connectivity index (χ1n) is 5.60. The monoisotopic (exact) mass is 243 g/mol. The zero-order chi connectivity index (χ0) is 12.3. The summed E-state index contributed by atoms with van der Waals surface area (Å²) in [6.07, 6.45) is -0.512. The molecule has 1 aliphatic heterocycles. The Kier molecular flexibility index (Phi) is 4.04. The highest BCUT2D eigenvalue weighted by atomic mass is 19.1. The van der Waals surface area contributed by atoms with Gasteiger partial charge in [0.2, 0.25) is 0 Å². The summed E-state index contributed by atoms with van der Waals surface area (Å²) < 4.78 is 31.2. The summed E-state index contributed by atoms with van der Waals surface area (Å²) in [6, 6.07) is 3.11. The highest BCUT2D eigenvalue weighted by Crippen LogP contribution is 2.21. The molecule has 2 N–H and O–H groups in total. The number of benzene rings is 1. The van der Waals surface area contributed by atoms with Gasteiger partial charge in [-0.1, -0.05) is 0 Å². The third-order valence-corrected chi connectivity index (χ3v) is 2.78. The minimum atomic E-state index is -0.889.